The van der Waals surface area contributed by atoms with E-state index in [1.165, 1.54) is 11.1 Å². The molecule has 4 nitrogen and oxygen atoms in total. The van der Waals surface area contributed by atoms with Gasteiger partial charge in [-0.15, -0.1) is 0 Å². The molecule has 1 heterocycles. The molecule has 0 spiro atoms. The van der Waals surface area contributed by atoms with Crippen LogP contribution in [-0.4, -0.2) is 24.1 Å². The molecule has 4 heteroatoms. The summed E-state index contributed by atoms with van der Waals surface area (Å²) in [7, 11) is 3.93. The molecule has 1 aromatic carbocycles. The van der Waals surface area contributed by atoms with Crippen LogP contribution in [0.3, 0.4) is 0 Å². The average molecular weight is 242 g/mol. The summed E-state index contributed by atoms with van der Waals surface area (Å²) < 4.78 is 0. The molecule has 1 aromatic heterocycles. The minimum atomic E-state index is 0.811. The number of para-hydroxylation sites is 1. The Morgan fingerprint density at radius 3 is 2.33 bits per heavy atom. The van der Waals surface area contributed by atoms with Gasteiger partial charge < -0.3 is 10.2 Å². The van der Waals surface area contributed by atoms with Crippen molar-refractivity contribution in [3.63, 3.8) is 0 Å². The predicted octanol–water partition coefficient (Wildman–Crippen LogP) is 2.90. The highest BCUT2D eigenvalue weighted by atomic mass is 15.2. The smallest absolute Gasteiger partial charge is 0.135 e. The van der Waals surface area contributed by atoms with Crippen LogP contribution in [0.25, 0.3) is 0 Å². The Morgan fingerprint density at radius 2 is 1.72 bits per heavy atom. The zero-order valence-corrected chi connectivity index (χ0v) is 11.2. The van der Waals surface area contributed by atoms with E-state index in [0.717, 1.165) is 17.3 Å². The van der Waals surface area contributed by atoms with E-state index in [4.69, 9.17) is 0 Å². The van der Waals surface area contributed by atoms with Gasteiger partial charge in [-0.1, -0.05) is 18.2 Å². The molecule has 0 unspecified atom stereocenters. The predicted molar refractivity (Wildman–Crippen MR) is 75.6 cm³/mol. The number of aromatic nitrogens is 2. The summed E-state index contributed by atoms with van der Waals surface area (Å²) in [5.41, 5.74) is 3.53. The van der Waals surface area contributed by atoms with Gasteiger partial charge in [0.25, 0.3) is 0 Å². The Labute approximate surface area is 108 Å². The van der Waals surface area contributed by atoms with Gasteiger partial charge in [-0.25, -0.2) is 9.97 Å². The second kappa shape index (κ2) is 5.04. The van der Waals surface area contributed by atoms with Crippen LogP contribution in [0.15, 0.2) is 30.6 Å². The molecule has 18 heavy (non-hydrogen) atoms. The monoisotopic (exact) mass is 242 g/mol. The summed E-state index contributed by atoms with van der Waals surface area (Å²) in [6.07, 6.45) is 1.57. The highest BCUT2D eigenvalue weighted by Gasteiger charge is 2.05. The minimum absolute atomic E-state index is 0.811. The van der Waals surface area contributed by atoms with Gasteiger partial charge in [0.2, 0.25) is 0 Å². The zero-order chi connectivity index (χ0) is 13.1. The highest BCUT2D eigenvalue weighted by Crippen LogP contribution is 2.24. The zero-order valence-electron chi connectivity index (χ0n) is 11.2. The van der Waals surface area contributed by atoms with Crippen LogP contribution in [0.1, 0.15) is 11.1 Å². The van der Waals surface area contributed by atoms with E-state index in [1.807, 2.05) is 25.1 Å². The largest absolute Gasteiger partial charge is 0.363 e. The maximum absolute atomic E-state index is 4.25. The molecular formula is C14H18N4. The van der Waals surface area contributed by atoms with Gasteiger partial charge >= 0.3 is 0 Å². The van der Waals surface area contributed by atoms with Gasteiger partial charge in [-0.05, 0) is 25.0 Å². The number of benzene rings is 1. The van der Waals surface area contributed by atoms with Crippen LogP contribution in [0.5, 0.6) is 0 Å². The maximum Gasteiger partial charge on any atom is 0.135 e. The molecule has 94 valence electrons. The first-order chi connectivity index (χ1) is 8.58. The molecule has 0 radical (unpaired) electrons. The molecule has 0 atom stereocenters. The number of anilines is 3. The third kappa shape index (κ3) is 2.59. The number of aryl methyl sites for hydroxylation is 2. The normalized spacial score (nSPS) is 10.2. The fourth-order valence-electron chi connectivity index (χ4n) is 1.80. The fraction of sp³-hybridized carbons (Fsp3) is 0.286. The molecule has 0 amide bonds. The summed E-state index contributed by atoms with van der Waals surface area (Å²) in [5.74, 6) is 1.70. The average Bonchev–Trinajstić information content (AvgIpc) is 2.34. The number of nitrogens with zero attached hydrogens (tertiary/aromatic N) is 3. The molecule has 0 aliphatic heterocycles. The van der Waals surface area contributed by atoms with Crippen molar-refractivity contribution in [3.05, 3.63) is 41.7 Å². The second-order valence-corrected chi connectivity index (χ2v) is 4.55. The minimum Gasteiger partial charge on any atom is -0.363 e. The number of rotatable bonds is 3. The Morgan fingerprint density at radius 1 is 1.06 bits per heavy atom. The van der Waals surface area contributed by atoms with Gasteiger partial charge in [0.15, 0.2) is 0 Å². The summed E-state index contributed by atoms with van der Waals surface area (Å²) in [6.45, 7) is 4.17. The summed E-state index contributed by atoms with van der Waals surface area (Å²) >= 11 is 0. The fourth-order valence-corrected chi connectivity index (χ4v) is 1.80. The molecule has 2 aromatic rings. The quantitative estimate of drug-likeness (QED) is 0.898. The van der Waals surface area contributed by atoms with E-state index in [0.29, 0.717) is 0 Å². The van der Waals surface area contributed by atoms with Gasteiger partial charge in [-0.3, -0.25) is 0 Å². The third-order valence-electron chi connectivity index (χ3n) is 2.85. The molecule has 2 rings (SSSR count). The Kier molecular flexibility index (Phi) is 3.46. The van der Waals surface area contributed by atoms with Gasteiger partial charge in [-0.2, -0.15) is 0 Å². The molecule has 0 bridgehead atoms. The van der Waals surface area contributed by atoms with Crippen LogP contribution in [-0.2, 0) is 0 Å². The van der Waals surface area contributed by atoms with Crippen molar-refractivity contribution < 1.29 is 0 Å². The lowest BCUT2D eigenvalue weighted by atomic mass is 10.1. The van der Waals surface area contributed by atoms with Gasteiger partial charge in [0, 0.05) is 25.8 Å². The first-order valence-electron chi connectivity index (χ1n) is 5.90. The third-order valence-corrected chi connectivity index (χ3v) is 2.85. The Hall–Kier alpha value is -2.10. The number of hydrogen-bond acceptors (Lipinski definition) is 4. The van der Waals surface area contributed by atoms with Crippen LogP contribution in [0.4, 0.5) is 17.3 Å². The van der Waals surface area contributed by atoms with Crippen molar-refractivity contribution in [2.24, 2.45) is 0 Å². The lowest BCUT2D eigenvalue weighted by molar-refractivity contribution is 1.04. The van der Waals surface area contributed by atoms with E-state index in [2.05, 4.69) is 47.3 Å². The first kappa shape index (κ1) is 12.4. The Balaban J connectivity index is 2.31. The van der Waals surface area contributed by atoms with Crippen LogP contribution in [0.2, 0.25) is 0 Å². The van der Waals surface area contributed by atoms with Crippen LogP contribution < -0.4 is 10.2 Å². The van der Waals surface area contributed by atoms with E-state index in [1.54, 1.807) is 6.33 Å². The van der Waals surface area contributed by atoms with Crippen molar-refractivity contribution in [1.82, 2.24) is 9.97 Å². The molecular weight excluding hydrogens is 224 g/mol. The molecule has 1 N–H and O–H groups in total. The van der Waals surface area contributed by atoms with Crippen molar-refractivity contribution in [1.29, 1.82) is 0 Å². The first-order valence-corrected chi connectivity index (χ1v) is 5.90. The lowest BCUT2D eigenvalue weighted by Crippen LogP contribution is -2.11. The van der Waals surface area contributed by atoms with E-state index in [9.17, 15) is 0 Å². The lowest BCUT2D eigenvalue weighted by Gasteiger charge is -2.14. The van der Waals surface area contributed by atoms with Crippen molar-refractivity contribution >= 4 is 17.3 Å². The van der Waals surface area contributed by atoms with Crippen molar-refractivity contribution in [2.45, 2.75) is 13.8 Å². The van der Waals surface area contributed by atoms with Gasteiger partial charge in [0.1, 0.15) is 18.0 Å². The van der Waals surface area contributed by atoms with E-state index in [-0.39, 0.29) is 0 Å². The maximum atomic E-state index is 4.25. The van der Waals surface area contributed by atoms with E-state index < -0.39 is 0 Å². The summed E-state index contributed by atoms with van der Waals surface area (Å²) in [4.78, 5) is 10.4. The summed E-state index contributed by atoms with van der Waals surface area (Å²) in [5, 5.41) is 3.36. The second-order valence-electron chi connectivity index (χ2n) is 4.55. The number of nitrogens with one attached hydrogen (secondary N) is 1. The van der Waals surface area contributed by atoms with Crippen molar-refractivity contribution in [2.75, 3.05) is 24.3 Å². The molecule has 0 saturated carbocycles. The van der Waals surface area contributed by atoms with Crippen LogP contribution in [0, 0.1) is 13.8 Å². The summed E-state index contributed by atoms with van der Waals surface area (Å²) in [6, 6.07) is 8.17. The molecule has 0 aliphatic carbocycles. The molecule has 0 fully saturated rings. The number of hydrogen-bond donors (Lipinski definition) is 1. The standard InChI is InChI=1S/C14H18N4/c1-10-6-5-7-11(2)14(10)17-12-8-13(18(3)4)16-9-15-12/h5-9H,1-4H3,(H,15,16,17). The Bertz CT molecular complexity index is 529. The van der Waals surface area contributed by atoms with E-state index >= 15 is 0 Å². The van der Waals surface area contributed by atoms with Crippen molar-refractivity contribution in [3.8, 4) is 0 Å². The molecule has 0 aliphatic rings. The van der Waals surface area contributed by atoms with Gasteiger partial charge in [0.05, 0.1) is 0 Å². The SMILES string of the molecule is Cc1cccc(C)c1Nc1cc(N(C)C)ncn1. The topological polar surface area (TPSA) is 41.0 Å². The molecule has 0 saturated heterocycles. The van der Waals surface area contributed by atoms with Crippen LogP contribution >= 0.6 is 0 Å². The highest BCUT2D eigenvalue weighted by molar-refractivity contribution is 5.65.